The van der Waals surface area contributed by atoms with E-state index in [0.29, 0.717) is 13.0 Å². The van der Waals surface area contributed by atoms with Crippen LogP contribution in [0.5, 0.6) is 0 Å². The quantitative estimate of drug-likeness (QED) is 0.604. The van der Waals surface area contributed by atoms with Gasteiger partial charge in [-0.3, -0.25) is 4.90 Å². The van der Waals surface area contributed by atoms with Gasteiger partial charge in [-0.1, -0.05) is 0 Å². The van der Waals surface area contributed by atoms with E-state index >= 15 is 0 Å². The number of halogens is 3. The Labute approximate surface area is 69.5 Å². The van der Waals surface area contributed by atoms with Gasteiger partial charge in [-0.15, -0.1) is 0 Å². The van der Waals surface area contributed by atoms with Gasteiger partial charge >= 0.3 is 6.18 Å². The number of nitrogens with two attached hydrogens (primary N) is 1. The molecule has 0 saturated carbocycles. The third kappa shape index (κ3) is 2.10. The SMILES string of the molecule is CN1CCC(N)CC1C(F)(F)F. The van der Waals surface area contributed by atoms with Gasteiger partial charge in [-0.25, -0.2) is 0 Å². The van der Waals surface area contributed by atoms with Crippen molar-refractivity contribution in [2.24, 2.45) is 5.73 Å². The minimum atomic E-state index is -4.13. The molecule has 1 aliphatic heterocycles. The lowest BCUT2D eigenvalue weighted by atomic mass is 9.98. The van der Waals surface area contributed by atoms with Gasteiger partial charge in [0.2, 0.25) is 0 Å². The van der Waals surface area contributed by atoms with Crippen LogP contribution in [0.25, 0.3) is 0 Å². The zero-order valence-corrected chi connectivity index (χ0v) is 6.93. The van der Waals surface area contributed by atoms with Crippen LogP contribution in [0.3, 0.4) is 0 Å². The molecule has 5 heteroatoms. The number of hydrogen-bond acceptors (Lipinski definition) is 2. The van der Waals surface area contributed by atoms with Crippen molar-refractivity contribution in [2.45, 2.75) is 31.1 Å². The molecular weight excluding hydrogens is 169 g/mol. The van der Waals surface area contributed by atoms with Crippen molar-refractivity contribution < 1.29 is 13.2 Å². The Bertz CT molecular complexity index is 157. The number of nitrogens with zero attached hydrogens (tertiary/aromatic N) is 1. The van der Waals surface area contributed by atoms with Crippen LogP contribution in [0.15, 0.2) is 0 Å². The highest BCUT2D eigenvalue weighted by Gasteiger charge is 2.44. The molecule has 0 radical (unpaired) electrons. The van der Waals surface area contributed by atoms with Gasteiger partial charge in [-0.2, -0.15) is 13.2 Å². The van der Waals surface area contributed by atoms with Gasteiger partial charge in [0.1, 0.15) is 6.04 Å². The maximum atomic E-state index is 12.3. The Morgan fingerprint density at radius 1 is 1.42 bits per heavy atom. The normalized spacial score (nSPS) is 33.8. The second kappa shape index (κ2) is 3.22. The molecule has 1 aliphatic rings. The minimum Gasteiger partial charge on any atom is -0.328 e. The van der Waals surface area contributed by atoms with E-state index in [2.05, 4.69) is 0 Å². The molecule has 0 bridgehead atoms. The highest BCUT2D eigenvalue weighted by Crippen LogP contribution is 2.30. The molecule has 2 unspecified atom stereocenters. The molecule has 0 aromatic heterocycles. The third-order valence-corrected chi connectivity index (χ3v) is 2.29. The average Bonchev–Trinajstić information content (AvgIpc) is 1.92. The number of alkyl halides is 3. The lowest BCUT2D eigenvalue weighted by Gasteiger charge is -2.36. The van der Waals surface area contributed by atoms with E-state index in [4.69, 9.17) is 5.73 Å². The van der Waals surface area contributed by atoms with Gasteiger partial charge in [0.15, 0.2) is 0 Å². The largest absolute Gasteiger partial charge is 0.404 e. The summed E-state index contributed by atoms with van der Waals surface area (Å²) >= 11 is 0. The second-order valence-electron chi connectivity index (χ2n) is 3.32. The van der Waals surface area contributed by atoms with Crippen LogP contribution in [-0.4, -0.2) is 36.8 Å². The molecule has 1 saturated heterocycles. The van der Waals surface area contributed by atoms with Crippen molar-refractivity contribution in [3.8, 4) is 0 Å². The summed E-state index contributed by atoms with van der Waals surface area (Å²) in [6.07, 6.45) is -3.45. The summed E-state index contributed by atoms with van der Waals surface area (Å²) in [7, 11) is 1.49. The van der Waals surface area contributed by atoms with Crippen LogP contribution < -0.4 is 5.73 Å². The lowest BCUT2D eigenvalue weighted by Crippen LogP contribution is -2.51. The maximum Gasteiger partial charge on any atom is 0.404 e. The van der Waals surface area contributed by atoms with Crippen LogP contribution >= 0.6 is 0 Å². The Kier molecular flexibility index (Phi) is 2.63. The highest BCUT2D eigenvalue weighted by atomic mass is 19.4. The third-order valence-electron chi connectivity index (χ3n) is 2.29. The molecule has 0 aromatic carbocycles. The van der Waals surface area contributed by atoms with E-state index in [1.807, 2.05) is 0 Å². The first-order chi connectivity index (χ1) is 5.41. The van der Waals surface area contributed by atoms with Crippen molar-refractivity contribution in [3.63, 3.8) is 0 Å². The number of hydrogen-bond donors (Lipinski definition) is 1. The van der Waals surface area contributed by atoms with Crippen molar-refractivity contribution >= 4 is 0 Å². The van der Waals surface area contributed by atoms with Crippen molar-refractivity contribution in [1.29, 1.82) is 0 Å². The summed E-state index contributed by atoms with van der Waals surface area (Å²) < 4.78 is 36.8. The van der Waals surface area contributed by atoms with E-state index in [9.17, 15) is 13.2 Å². The fourth-order valence-corrected chi connectivity index (χ4v) is 1.49. The van der Waals surface area contributed by atoms with Gasteiger partial charge < -0.3 is 5.73 Å². The van der Waals surface area contributed by atoms with E-state index in [1.54, 1.807) is 0 Å². The van der Waals surface area contributed by atoms with Gasteiger partial charge in [-0.05, 0) is 26.4 Å². The topological polar surface area (TPSA) is 29.3 Å². The van der Waals surface area contributed by atoms with E-state index in [0.717, 1.165) is 0 Å². The molecule has 2 nitrogen and oxygen atoms in total. The lowest BCUT2D eigenvalue weighted by molar-refractivity contribution is -0.188. The molecule has 0 amide bonds. The zero-order valence-electron chi connectivity index (χ0n) is 6.93. The molecule has 12 heavy (non-hydrogen) atoms. The first-order valence-electron chi connectivity index (χ1n) is 3.94. The first kappa shape index (κ1) is 9.80. The van der Waals surface area contributed by atoms with Gasteiger partial charge in [0.25, 0.3) is 0 Å². The molecular formula is C7H13F3N2. The summed E-state index contributed by atoms with van der Waals surface area (Å²) in [5.41, 5.74) is 5.46. The number of piperidine rings is 1. The van der Waals surface area contributed by atoms with Crippen molar-refractivity contribution in [1.82, 2.24) is 4.90 Å². The van der Waals surface area contributed by atoms with E-state index < -0.39 is 12.2 Å². The number of likely N-dealkylation sites (tertiary alicyclic amines) is 1. The first-order valence-corrected chi connectivity index (χ1v) is 3.94. The van der Waals surface area contributed by atoms with Crippen LogP contribution in [-0.2, 0) is 0 Å². The van der Waals surface area contributed by atoms with Crippen LogP contribution in [0.4, 0.5) is 13.2 Å². The van der Waals surface area contributed by atoms with Gasteiger partial charge in [0.05, 0.1) is 0 Å². The zero-order chi connectivity index (χ0) is 9.35. The Morgan fingerprint density at radius 3 is 2.42 bits per heavy atom. The molecule has 1 heterocycles. The second-order valence-corrected chi connectivity index (χ2v) is 3.32. The van der Waals surface area contributed by atoms with Gasteiger partial charge in [0, 0.05) is 6.04 Å². The fourth-order valence-electron chi connectivity index (χ4n) is 1.49. The molecule has 2 N–H and O–H groups in total. The molecule has 0 aromatic rings. The summed E-state index contributed by atoms with van der Waals surface area (Å²) in [5.74, 6) is 0. The fraction of sp³-hybridized carbons (Fsp3) is 1.00. The monoisotopic (exact) mass is 182 g/mol. The summed E-state index contributed by atoms with van der Waals surface area (Å²) in [6.45, 7) is 0.436. The van der Waals surface area contributed by atoms with Crippen molar-refractivity contribution in [3.05, 3.63) is 0 Å². The Hall–Kier alpha value is -0.290. The highest BCUT2D eigenvalue weighted by molar-refractivity contribution is 4.86. The predicted molar refractivity (Wildman–Crippen MR) is 39.7 cm³/mol. The van der Waals surface area contributed by atoms with Crippen molar-refractivity contribution in [2.75, 3.05) is 13.6 Å². The molecule has 0 aliphatic carbocycles. The summed E-state index contributed by atoms with van der Waals surface area (Å²) in [4.78, 5) is 1.32. The maximum absolute atomic E-state index is 12.3. The Morgan fingerprint density at radius 2 is 2.00 bits per heavy atom. The Balaban J connectivity index is 2.61. The smallest absolute Gasteiger partial charge is 0.328 e. The molecule has 2 atom stereocenters. The number of rotatable bonds is 0. The summed E-state index contributed by atoms with van der Waals surface area (Å²) in [5, 5.41) is 0. The molecule has 1 fully saturated rings. The molecule has 0 spiro atoms. The van der Waals surface area contributed by atoms with E-state index in [1.165, 1.54) is 11.9 Å². The van der Waals surface area contributed by atoms with Crippen LogP contribution in [0, 0.1) is 0 Å². The molecule has 1 rings (SSSR count). The summed E-state index contributed by atoms with van der Waals surface area (Å²) in [6, 6.07) is -1.64. The standard InChI is InChI=1S/C7H13F3N2/c1-12-3-2-5(11)4-6(12)7(8,9)10/h5-6H,2-4,11H2,1H3. The van der Waals surface area contributed by atoms with E-state index in [-0.39, 0.29) is 12.5 Å². The predicted octanol–water partition coefficient (Wildman–Crippen LogP) is 0.970. The molecule has 72 valence electrons. The van der Waals surface area contributed by atoms with Crippen LogP contribution in [0.1, 0.15) is 12.8 Å². The minimum absolute atomic E-state index is 0.0278. The van der Waals surface area contributed by atoms with Crippen LogP contribution in [0.2, 0.25) is 0 Å². The average molecular weight is 182 g/mol.